The van der Waals surface area contributed by atoms with Crippen LogP contribution in [0.25, 0.3) is 10.4 Å². The van der Waals surface area contributed by atoms with Crippen molar-refractivity contribution in [3.05, 3.63) is 10.4 Å². The van der Waals surface area contributed by atoms with Gasteiger partial charge < -0.3 is 9.47 Å². The molecule has 2 heterocycles. The summed E-state index contributed by atoms with van der Waals surface area (Å²) in [5.74, 6) is 4.81. The van der Waals surface area contributed by atoms with Gasteiger partial charge in [0.2, 0.25) is 0 Å². The molecular weight excluding hydrogens is 398 g/mol. The molecule has 1 spiro atoms. The van der Waals surface area contributed by atoms with Gasteiger partial charge in [0.25, 0.3) is 0 Å². The van der Waals surface area contributed by atoms with Crippen LogP contribution in [-0.4, -0.2) is 24.5 Å². The number of fused-ring (bicyclic) bond motifs is 7. The van der Waals surface area contributed by atoms with E-state index in [1.165, 1.54) is 44.9 Å². The molecule has 6 aliphatic rings. The van der Waals surface area contributed by atoms with Crippen LogP contribution in [-0.2, 0) is 9.47 Å². The van der Waals surface area contributed by atoms with E-state index in [2.05, 4.69) is 37.7 Å². The Labute approximate surface area is 194 Å². The van der Waals surface area contributed by atoms with Gasteiger partial charge in [-0.15, -0.1) is 0 Å². The first kappa shape index (κ1) is 21.7. The molecule has 0 amide bonds. The minimum Gasteiger partial charge on any atom is -0.349 e. The van der Waals surface area contributed by atoms with Gasteiger partial charge >= 0.3 is 0 Å². The SMILES string of the molecule is C[C@H]1CCC2(OC1)OC1CC3C4CCC5C[C@@H](N=[N+]=[N-])CC[C@]5(C)C4CC[C@]3(C)C1[C@@H]2C. The highest BCUT2D eigenvalue weighted by atomic mass is 16.7. The van der Waals surface area contributed by atoms with Crippen molar-refractivity contribution in [1.82, 2.24) is 0 Å². The summed E-state index contributed by atoms with van der Waals surface area (Å²) < 4.78 is 13.4. The molecule has 2 saturated heterocycles. The van der Waals surface area contributed by atoms with E-state index in [0.29, 0.717) is 34.7 Å². The number of nitrogens with zero attached hydrogens (tertiary/aromatic N) is 3. The fourth-order valence-electron chi connectivity index (χ4n) is 10.4. The maximum absolute atomic E-state index is 8.94. The van der Waals surface area contributed by atoms with Gasteiger partial charge in [0.1, 0.15) is 0 Å². The van der Waals surface area contributed by atoms with Gasteiger partial charge in [-0.2, -0.15) is 0 Å². The van der Waals surface area contributed by atoms with Crippen LogP contribution < -0.4 is 0 Å². The van der Waals surface area contributed by atoms with Gasteiger partial charge in [-0.1, -0.05) is 32.8 Å². The molecular formula is C27H43N3O2. The number of hydrogen-bond donors (Lipinski definition) is 0. The van der Waals surface area contributed by atoms with Crippen molar-refractivity contribution in [2.24, 2.45) is 57.4 Å². The molecule has 0 radical (unpaired) electrons. The molecule has 5 nitrogen and oxygen atoms in total. The lowest BCUT2D eigenvalue weighted by molar-refractivity contribution is -0.273. The van der Waals surface area contributed by atoms with Crippen molar-refractivity contribution >= 4 is 0 Å². The van der Waals surface area contributed by atoms with Gasteiger partial charge in [-0.25, -0.2) is 0 Å². The first-order chi connectivity index (χ1) is 15.3. The van der Waals surface area contributed by atoms with Crippen molar-refractivity contribution < 1.29 is 9.47 Å². The maximum Gasteiger partial charge on any atom is 0.171 e. The maximum atomic E-state index is 8.94. The van der Waals surface area contributed by atoms with E-state index in [1.807, 2.05) is 0 Å². The van der Waals surface area contributed by atoms with E-state index >= 15 is 0 Å². The van der Waals surface area contributed by atoms with Crippen molar-refractivity contribution in [2.45, 2.75) is 110 Å². The number of azide groups is 1. The molecule has 178 valence electrons. The molecule has 0 aromatic carbocycles. The third-order valence-corrected chi connectivity index (χ3v) is 12.1. The molecule has 7 unspecified atom stereocenters. The predicted octanol–water partition coefficient (Wildman–Crippen LogP) is 7.11. The minimum absolute atomic E-state index is 0.234. The molecule has 5 heteroatoms. The highest BCUT2D eigenvalue weighted by Gasteiger charge is 2.69. The number of rotatable bonds is 1. The van der Waals surface area contributed by atoms with Crippen molar-refractivity contribution in [3.63, 3.8) is 0 Å². The Balaban J connectivity index is 1.23. The Morgan fingerprint density at radius 2 is 1.72 bits per heavy atom. The molecule has 4 aliphatic carbocycles. The van der Waals surface area contributed by atoms with Crippen molar-refractivity contribution in [1.29, 1.82) is 0 Å². The summed E-state index contributed by atoms with van der Waals surface area (Å²) in [5, 5.41) is 4.12. The second-order valence-electron chi connectivity index (χ2n) is 13.3. The van der Waals surface area contributed by atoms with Gasteiger partial charge in [0.15, 0.2) is 5.79 Å². The van der Waals surface area contributed by atoms with Crippen LogP contribution in [0, 0.1) is 52.3 Å². The third-order valence-electron chi connectivity index (χ3n) is 12.1. The van der Waals surface area contributed by atoms with E-state index in [9.17, 15) is 0 Å². The summed E-state index contributed by atoms with van der Waals surface area (Å²) in [7, 11) is 0. The van der Waals surface area contributed by atoms with Crippen LogP contribution in [0.3, 0.4) is 0 Å². The van der Waals surface area contributed by atoms with Crippen LogP contribution in [0.5, 0.6) is 0 Å². The van der Waals surface area contributed by atoms with E-state index in [-0.39, 0.29) is 11.8 Å². The Morgan fingerprint density at radius 1 is 0.906 bits per heavy atom. The summed E-state index contributed by atoms with van der Waals surface area (Å²) in [6, 6.07) is 0.234. The zero-order valence-electron chi connectivity index (χ0n) is 20.6. The Bertz CT molecular complexity index is 803. The Morgan fingerprint density at radius 3 is 2.47 bits per heavy atom. The van der Waals surface area contributed by atoms with Gasteiger partial charge in [0, 0.05) is 23.3 Å². The fraction of sp³-hybridized carbons (Fsp3) is 1.00. The zero-order chi connectivity index (χ0) is 22.3. The van der Waals surface area contributed by atoms with Crippen LogP contribution >= 0.6 is 0 Å². The summed E-state index contributed by atoms with van der Waals surface area (Å²) in [6.07, 6.45) is 12.9. The number of ether oxygens (including phenoxy) is 2. The van der Waals surface area contributed by atoms with Crippen LogP contribution in [0.1, 0.15) is 91.9 Å². The molecule has 2 aliphatic heterocycles. The largest absolute Gasteiger partial charge is 0.349 e. The smallest absolute Gasteiger partial charge is 0.171 e. The standard InChI is InChI=1S/C27H43N3O2/c1-16-7-12-27(31-15-16)17(2)24-23(32-27)14-22-20-6-5-18-13-19(29-30-28)8-10-25(18,3)21(20)9-11-26(22,24)4/h16-24H,5-15H2,1-4H3/t16-,17-,18?,19-,20?,21?,22?,23?,24?,25-,26-,27?/m0/s1. The van der Waals surface area contributed by atoms with Crippen LogP contribution in [0.15, 0.2) is 5.11 Å². The molecule has 6 fully saturated rings. The molecule has 32 heavy (non-hydrogen) atoms. The van der Waals surface area contributed by atoms with E-state index in [4.69, 9.17) is 15.0 Å². The summed E-state index contributed by atoms with van der Waals surface area (Å²) >= 11 is 0. The second-order valence-corrected chi connectivity index (χ2v) is 13.3. The molecule has 0 N–H and O–H groups in total. The molecule has 0 bridgehead atoms. The predicted molar refractivity (Wildman–Crippen MR) is 125 cm³/mol. The topological polar surface area (TPSA) is 67.2 Å². The van der Waals surface area contributed by atoms with Crippen LogP contribution in [0.2, 0.25) is 0 Å². The second kappa shape index (κ2) is 7.36. The average molecular weight is 442 g/mol. The van der Waals surface area contributed by atoms with E-state index in [0.717, 1.165) is 49.5 Å². The van der Waals surface area contributed by atoms with Crippen LogP contribution in [0.4, 0.5) is 0 Å². The first-order valence-corrected chi connectivity index (χ1v) is 13.7. The van der Waals surface area contributed by atoms with Crippen molar-refractivity contribution in [2.75, 3.05) is 6.61 Å². The lowest BCUT2D eigenvalue weighted by atomic mass is 9.44. The molecule has 12 atom stereocenters. The average Bonchev–Trinajstić information content (AvgIpc) is 3.21. The fourth-order valence-corrected chi connectivity index (χ4v) is 10.4. The normalized spacial score (nSPS) is 58.9. The zero-order valence-corrected chi connectivity index (χ0v) is 20.6. The summed E-state index contributed by atoms with van der Waals surface area (Å²) in [6.45, 7) is 10.9. The van der Waals surface area contributed by atoms with Crippen molar-refractivity contribution in [3.8, 4) is 0 Å². The van der Waals surface area contributed by atoms with Gasteiger partial charge in [-0.05, 0) is 110 Å². The quantitative estimate of drug-likeness (QED) is 0.247. The molecule has 0 aromatic rings. The Hall–Kier alpha value is -0.770. The third kappa shape index (κ3) is 2.86. The molecule has 0 aromatic heterocycles. The van der Waals surface area contributed by atoms with E-state index in [1.54, 1.807) is 0 Å². The van der Waals surface area contributed by atoms with Gasteiger partial charge in [0.05, 0.1) is 12.7 Å². The lowest BCUT2D eigenvalue weighted by Gasteiger charge is -2.61. The Kier molecular flexibility index (Phi) is 5.00. The molecule has 4 saturated carbocycles. The number of hydrogen-bond acceptors (Lipinski definition) is 3. The highest BCUT2D eigenvalue weighted by Crippen LogP contribution is 2.71. The minimum atomic E-state index is -0.296. The van der Waals surface area contributed by atoms with Gasteiger partial charge in [-0.3, -0.25) is 0 Å². The van der Waals surface area contributed by atoms with E-state index < -0.39 is 0 Å². The summed E-state index contributed by atoms with van der Waals surface area (Å²) in [4.78, 5) is 3.13. The lowest BCUT2D eigenvalue weighted by Crippen LogP contribution is -2.55. The summed E-state index contributed by atoms with van der Waals surface area (Å²) in [5.41, 5.74) is 9.79. The first-order valence-electron chi connectivity index (χ1n) is 13.7. The highest BCUT2D eigenvalue weighted by molar-refractivity contribution is 5.15. The monoisotopic (exact) mass is 441 g/mol. The molecule has 6 rings (SSSR count).